The molecule has 0 radical (unpaired) electrons. The number of hydrogen-bond acceptors (Lipinski definition) is 4. The van der Waals surface area contributed by atoms with Crippen molar-refractivity contribution in [3.8, 4) is 0 Å². The number of β-amino-alcohol motifs (C(OH)–C–C–N with tert-alkyl or cyclic N) is 1. The molecule has 2 heterocycles. The highest BCUT2D eigenvalue weighted by Gasteiger charge is 2.21. The lowest BCUT2D eigenvalue weighted by atomic mass is 10.3. The first-order valence-corrected chi connectivity index (χ1v) is 4.56. The number of aliphatic hydroxyl groups is 1. The Balaban J connectivity index is 2.13. The van der Waals surface area contributed by atoms with Crippen molar-refractivity contribution in [3.63, 3.8) is 0 Å². The van der Waals surface area contributed by atoms with E-state index < -0.39 is 0 Å². The molecule has 1 aliphatic heterocycles. The maximum atomic E-state index is 9.30. The Morgan fingerprint density at radius 3 is 2.85 bits per heavy atom. The predicted octanol–water partition coefficient (Wildman–Crippen LogP) is 0.701. The Morgan fingerprint density at radius 1 is 1.46 bits per heavy atom. The third-order valence-electron chi connectivity index (χ3n) is 2.11. The van der Waals surface area contributed by atoms with Gasteiger partial charge >= 0.3 is 0 Å². The van der Waals surface area contributed by atoms with E-state index in [1.54, 1.807) is 6.07 Å². The molecular weight excluding hydrogens is 190 g/mol. The Hall–Kier alpha value is -0.870. The van der Waals surface area contributed by atoms with Crippen LogP contribution in [-0.4, -0.2) is 34.5 Å². The third kappa shape index (κ3) is 1.89. The summed E-state index contributed by atoms with van der Waals surface area (Å²) in [5.74, 6) is 0.779. The van der Waals surface area contributed by atoms with E-state index in [2.05, 4.69) is 10.2 Å². The summed E-state index contributed by atoms with van der Waals surface area (Å²) in [7, 11) is 0. The highest BCUT2D eigenvalue weighted by molar-refractivity contribution is 6.29. The van der Waals surface area contributed by atoms with Crippen LogP contribution in [0.25, 0.3) is 0 Å². The van der Waals surface area contributed by atoms with Crippen LogP contribution < -0.4 is 4.90 Å². The van der Waals surface area contributed by atoms with Crippen LogP contribution in [0.15, 0.2) is 12.1 Å². The van der Waals surface area contributed by atoms with Gasteiger partial charge in [0.1, 0.15) is 0 Å². The summed E-state index contributed by atoms with van der Waals surface area (Å²) in [4.78, 5) is 1.99. The second-order valence-electron chi connectivity index (χ2n) is 3.10. The van der Waals surface area contributed by atoms with Gasteiger partial charge in [-0.2, -0.15) is 0 Å². The lowest BCUT2D eigenvalue weighted by Gasteiger charge is -2.14. The molecule has 0 saturated carbocycles. The van der Waals surface area contributed by atoms with Gasteiger partial charge in [-0.15, -0.1) is 10.2 Å². The SMILES string of the molecule is O[C@@H]1CCN(c2ccc(Cl)nn2)C1. The molecular formula is C8H10ClN3O. The first kappa shape index (κ1) is 8.72. The zero-order chi connectivity index (χ0) is 9.26. The van der Waals surface area contributed by atoms with Crippen LogP contribution in [0, 0.1) is 0 Å². The molecule has 1 aromatic rings. The molecule has 0 aromatic carbocycles. The summed E-state index contributed by atoms with van der Waals surface area (Å²) in [5, 5.41) is 17.4. The highest BCUT2D eigenvalue weighted by atomic mass is 35.5. The van der Waals surface area contributed by atoms with Crippen molar-refractivity contribution in [1.82, 2.24) is 10.2 Å². The Kier molecular flexibility index (Phi) is 2.33. The number of halogens is 1. The van der Waals surface area contributed by atoms with Crippen molar-refractivity contribution < 1.29 is 5.11 Å². The van der Waals surface area contributed by atoms with Crippen molar-refractivity contribution in [2.24, 2.45) is 0 Å². The van der Waals surface area contributed by atoms with E-state index in [-0.39, 0.29) is 6.10 Å². The molecule has 0 aliphatic carbocycles. The molecule has 0 spiro atoms. The van der Waals surface area contributed by atoms with Gasteiger partial charge in [0, 0.05) is 13.1 Å². The van der Waals surface area contributed by atoms with Gasteiger partial charge < -0.3 is 10.0 Å². The van der Waals surface area contributed by atoms with Crippen LogP contribution in [0.5, 0.6) is 0 Å². The lowest BCUT2D eigenvalue weighted by Crippen LogP contribution is -2.22. The predicted molar refractivity (Wildman–Crippen MR) is 49.9 cm³/mol. The van der Waals surface area contributed by atoms with Gasteiger partial charge in [0.15, 0.2) is 11.0 Å². The number of nitrogens with zero attached hydrogens (tertiary/aromatic N) is 3. The molecule has 0 unspecified atom stereocenters. The molecule has 0 amide bonds. The summed E-state index contributed by atoms with van der Waals surface area (Å²) in [6.45, 7) is 1.47. The van der Waals surface area contributed by atoms with Crippen LogP contribution in [0.3, 0.4) is 0 Å². The van der Waals surface area contributed by atoms with E-state index in [4.69, 9.17) is 11.6 Å². The van der Waals surface area contributed by atoms with Crippen LogP contribution in [-0.2, 0) is 0 Å². The second kappa shape index (κ2) is 3.47. The lowest BCUT2D eigenvalue weighted by molar-refractivity contribution is 0.198. The fourth-order valence-electron chi connectivity index (χ4n) is 1.43. The van der Waals surface area contributed by atoms with Gasteiger partial charge in [-0.1, -0.05) is 11.6 Å². The van der Waals surface area contributed by atoms with Crippen molar-refractivity contribution in [1.29, 1.82) is 0 Å². The smallest absolute Gasteiger partial charge is 0.151 e. The topological polar surface area (TPSA) is 49.2 Å². The first-order chi connectivity index (χ1) is 6.25. The van der Waals surface area contributed by atoms with E-state index in [9.17, 15) is 5.11 Å². The van der Waals surface area contributed by atoms with Gasteiger partial charge in [-0.05, 0) is 18.6 Å². The summed E-state index contributed by atoms with van der Waals surface area (Å²) < 4.78 is 0. The maximum Gasteiger partial charge on any atom is 0.151 e. The second-order valence-corrected chi connectivity index (χ2v) is 3.49. The maximum absolute atomic E-state index is 9.30. The Bertz CT molecular complexity index is 290. The largest absolute Gasteiger partial charge is 0.391 e. The molecule has 4 nitrogen and oxygen atoms in total. The minimum Gasteiger partial charge on any atom is -0.391 e. The molecule has 1 saturated heterocycles. The van der Waals surface area contributed by atoms with Gasteiger partial charge in [0.25, 0.3) is 0 Å². The zero-order valence-corrected chi connectivity index (χ0v) is 7.78. The van der Waals surface area contributed by atoms with Crippen molar-refractivity contribution in [2.45, 2.75) is 12.5 Å². The highest BCUT2D eigenvalue weighted by Crippen LogP contribution is 2.17. The number of anilines is 1. The molecule has 1 N–H and O–H groups in total. The van der Waals surface area contributed by atoms with Crippen LogP contribution in [0.2, 0.25) is 5.15 Å². The molecule has 1 atom stereocenters. The monoisotopic (exact) mass is 199 g/mol. The summed E-state index contributed by atoms with van der Waals surface area (Å²) in [6, 6.07) is 3.52. The van der Waals surface area contributed by atoms with E-state index in [1.807, 2.05) is 11.0 Å². The van der Waals surface area contributed by atoms with Gasteiger partial charge in [-0.3, -0.25) is 0 Å². The summed E-state index contributed by atoms with van der Waals surface area (Å²) in [5.41, 5.74) is 0. The third-order valence-corrected chi connectivity index (χ3v) is 2.31. The standard InChI is InChI=1S/C8H10ClN3O/c9-7-1-2-8(11-10-7)12-4-3-6(13)5-12/h1-2,6,13H,3-5H2/t6-/m1/s1. The first-order valence-electron chi connectivity index (χ1n) is 4.18. The van der Waals surface area contributed by atoms with Crippen molar-refractivity contribution in [3.05, 3.63) is 17.3 Å². The van der Waals surface area contributed by atoms with Gasteiger partial charge in [0.05, 0.1) is 6.10 Å². The van der Waals surface area contributed by atoms with Crippen LogP contribution in [0.4, 0.5) is 5.82 Å². The molecule has 0 bridgehead atoms. The van der Waals surface area contributed by atoms with Gasteiger partial charge in [-0.25, -0.2) is 0 Å². The minimum absolute atomic E-state index is 0.238. The van der Waals surface area contributed by atoms with E-state index in [1.165, 1.54) is 0 Å². The van der Waals surface area contributed by atoms with Crippen LogP contribution in [0.1, 0.15) is 6.42 Å². The Morgan fingerprint density at radius 2 is 2.31 bits per heavy atom. The fourth-order valence-corrected chi connectivity index (χ4v) is 1.53. The molecule has 13 heavy (non-hydrogen) atoms. The molecule has 70 valence electrons. The molecule has 5 heteroatoms. The number of aliphatic hydroxyl groups excluding tert-OH is 1. The quantitative estimate of drug-likeness (QED) is 0.724. The van der Waals surface area contributed by atoms with Gasteiger partial charge in [0.2, 0.25) is 0 Å². The molecule has 2 rings (SSSR count). The van der Waals surface area contributed by atoms with E-state index in [0.717, 1.165) is 18.8 Å². The minimum atomic E-state index is -0.238. The number of rotatable bonds is 1. The normalized spacial score (nSPS) is 22.3. The van der Waals surface area contributed by atoms with Crippen molar-refractivity contribution in [2.75, 3.05) is 18.0 Å². The average molecular weight is 200 g/mol. The zero-order valence-electron chi connectivity index (χ0n) is 7.02. The average Bonchev–Trinajstić information content (AvgIpc) is 2.53. The summed E-state index contributed by atoms with van der Waals surface area (Å²) >= 11 is 5.61. The van der Waals surface area contributed by atoms with E-state index in [0.29, 0.717) is 11.7 Å². The molecule has 1 aliphatic rings. The van der Waals surface area contributed by atoms with Crippen molar-refractivity contribution >= 4 is 17.4 Å². The fraction of sp³-hybridized carbons (Fsp3) is 0.500. The van der Waals surface area contributed by atoms with E-state index >= 15 is 0 Å². The molecule has 1 aromatic heterocycles. The number of hydrogen-bond donors (Lipinski definition) is 1. The number of aromatic nitrogens is 2. The Labute approximate surface area is 81.2 Å². The van der Waals surface area contributed by atoms with Crippen LogP contribution >= 0.6 is 11.6 Å². The molecule has 1 fully saturated rings. The summed E-state index contributed by atoms with van der Waals surface area (Å²) in [6.07, 6.45) is 0.557.